The van der Waals surface area contributed by atoms with Gasteiger partial charge >= 0.3 is 5.97 Å². The van der Waals surface area contributed by atoms with Gasteiger partial charge in [-0.1, -0.05) is 49.4 Å². The van der Waals surface area contributed by atoms with Crippen molar-refractivity contribution in [3.05, 3.63) is 71.3 Å². The number of likely N-dealkylation sites (tertiary alicyclic amines) is 1. The quantitative estimate of drug-likeness (QED) is 0.736. The molecule has 1 heterocycles. The molecule has 2 aromatic rings. The van der Waals surface area contributed by atoms with Gasteiger partial charge in [0, 0.05) is 19.6 Å². The van der Waals surface area contributed by atoms with Gasteiger partial charge in [0.15, 0.2) is 0 Å². The van der Waals surface area contributed by atoms with E-state index in [1.165, 1.54) is 24.8 Å². The van der Waals surface area contributed by atoms with Crippen molar-refractivity contribution < 1.29 is 9.90 Å². The van der Waals surface area contributed by atoms with Crippen LogP contribution in [0.3, 0.4) is 0 Å². The Morgan fingerprint density at radius 3 is 2.44 bits per heavy atom. The second kappa shape index (κ2) is 9.16. The minimum absolute atomic E-state index is 0.345. The maximum Gasteiger partial charge on any atom is 0.335 e. The number of nitrogens with one attached hydrogen (secondary N) is 1. The molecule has 0 saturated carbocycles. The van der Waals surface area contributed by atoms with Crippen LogP contribution in [0.2, 0.25) is 0 Å². The molecule has 27 heavy (non-hydrogen) atoms. The Balaban J connectivity index is 1.49. The summed E-state index contributed by atoms with van der Waals surface area (Å²) in [5.41, 5.74) is 3.12. The minimum Gasteiger partial charge on any atom is -0.478 e. The monoisotopic (exact) mass is 366 g/mol. The number of carboxylic acids is 1. The van der Waals surface area contributed by atoms with Gasteiger partial charge in [-0.3, -0.25) is 4.90 Å². The Morgan fingerprint density at radius 2 is 1.78 bits per heavy atom. The van der Waals surface area contributed by atoms with Gasteiger partial charge in [-0.25, -0.2) is 4.79 Å². The van der Waals surface area contributed by atoms with E-state index in [0.717, 1.165) is 38.3 Å². The van der Waals surface area contributed by atoms with Gasteiger partial charge in [-0.15, -0.1) is 0 Å². The van der Waals surface area contributed by atoms with E-state index in [9.17, 15) is 4.79 Å². The van der Waals surface area contributed by atoms with Crippen molar-refractivity contribution in [2.75, 3.05) is 19.6 Å². The predicted molar refractivity (Wildman–Crippen MR) is 109 cm³/mol. The average molecular weight is 367 g/mol. The first-order valence-corrected chi connectivity index (χ1v) is 9.89. The lowest BCUT2D eigenvalue weighted by molar-refractivity contribution is 0.0696. The van der Waals surface area contributed by atoms with Crippen molar-refractivity contribution in [3.63, 3.8) is 0 Å². The van der Waals surface area contributed by atoms with Crippen LogP contribution >= 0.6 is 0 Å². The van der Waals surface area contributed by atoms with Crippen molar-refractivity contribution in [1.29, 1.82) is 0 Å². The number of aromatic carboxylic acids is 1. The Morgan fingerprint density at radius 1 is 1.07 bits per heavy atom. The van der Waals surface area contributed by atoms with Crippen molar-refractivity contribution in [3.8, 4) is 0 Å². The summed E-state index contributed by atoms with van der Waals surface area (Å²) in [5, 5.41) is 12.7. The molecular formula is C23H30N2O2. The molecule has 0 amide bonds. The zero-order valence-electron chi connectivity index (χ0n) is 16.2. The molecule has 2 aromatic carbocycles. The Bertz CT molecular complexity index is 737. The molecule has 0 radical (unpaired) electrons. The smallest absolute Gasteiger partial charge is 0.335 e. The zero-order valence-corrected chi connectivity index (χ0v) is 16.2. The van der Waals surface area contributed by atoms with Crippen LogP contribution < -0.4 is 5.32 Å². The summed E-state index contributed by atoms with van der Waals surface area (Å²) >= 11 is 0. The molecule has 0 spiro atoms. The number of carbonyl (C=O) groups is 1. The Hall–Kier alpha value is -2.17. The highest BCUT2D eigenvalue weighted by Crippen LogP contribution is 2.34. The molecule has 1 fully saturated rings. The SMILES string of the molecule is CCC1(CNCc2cccc(C(=O)O)c2)CCN(Cc2ccccc2)CC1. The van der Waals surface area contributed by atoms with Gasteiger partial charge in [0.25, 0.3) is 0 Å². The van der Waals surface area contributed by atoms with E-state index in [4.69, 9.17) is 5.11 Å². The van der Waals surface area contributed by atoms with E-state index in [1.807, 2.05) is 12.1 Å². The molecule has 144 valence electrons. The average Bonchev–Trinajstić information content (AvgIpc) is 2.70. The van der Waals surface area contributed by atoms with E-state index in [-0.39, 0.29) is 0 Å². The maximum absolute atomic E-state index is 11.1. The fourth-order valence-electron chi connectivity index (χ4n) is 3.97. The van der Waals surface area contributed by atoms with Crippen LogP contribution in [0.15, 0.2) is 54.6 Å². The number of benzene rings is 2. The summed E-state index contributed by atoms with van der Waals surface area (Å²) in [6.45, 7) is 7.31. The second-order valence-corrected chi connectivity index (χ2v) is 7.72. The van der Waals surface area contributed by atoms with Gasteiger partial charge in [-0.2, -0.15) is 0 Å². The molecular weight excluding hydrogens is 336 g/mol. The third-order valence-corrected chi connectivity index (χ3v) is 5.92. The summed E-state index contributed by atoms with van der Waals surface area (Å²) in [6, 6.07) is 17.9. The molecule has 4 nitrogen and oxygen atoms in total. The minimum atomic E-state index is -0.868. The van der Waals surface area contributed by atoms with Gasteiger partial charge in [0.05, 0.1) is 5.56 Å². The van der Waals surface area contributed by atoms with Crippen LogP contribution in [0.25, 0.3) is 0 Å². The first-order chi connectivity index (χ1) is 13.1. The number of piperidine rings is 1. The summed E-state index contributed by atoms with van der Waals surface area (Å²) in [7, 11) is 0. The van der Waals surface area contributed by atoms with Crippen molar-refractivity contribution in [2.45, 2.75) is 39.3 Å². The number of nitrogens with zero attached hydrogens (tertiary/aromatic N) is 1. The molecule has 0 unspecified atom stereocenters. The number of hydrogen-bond donors (Lipinski definition) is 2. The number of carboxylic acid groups (broad SMARTS) is 1. The number of rotatable bonds is 8. The highest BCUT2D eigenvalue weighted by Gasteiger charge is 2.32. The van der Waals surface area contributed by atoms with Crippen molar-refractivity contribution >= 4 is 5.97 Å². The van der Waals surface area contributed by atoms with E-state index in [1.54, 1.807) is 12.1 Å². The lowest BCUT2D eigenvalue weighted by Crippen LogP contribution is -2.44. The van der Waals surface area contributed by atoms with Crippen LogP contribution in [-0.2, 0) is 13.1 Å². The second-order valence-electron chi connectivity index (χ2n) is 7.72. The van der Waals surface area contributed by atoms with E-state index < -0.39 is 5.97 Å². The molecule has 0 atom stereocenters. The first kappa shape index (κ1) is 19.6. The molecule has 0 aliphatic carbocycles. The van der Waals surface area contributed by atoms with Gasteiger partial charge in [0.2, 0.25) is 0 Å². The standard InChI is InChI=1S/C23H30N2O2/c1-2-23(18-24-16-20-9-6-10-21(15-20)22(26)27)11-13-25(14-12-23)17-19-7-4-3-5-8-19/h3-10,15,24H,2,11-14,16-18H2,1H3,(H,26,27). The lowest BCUT2D eigenvalue weighted by atomic mass is 9.76. The third kappa shape index (κ3) is 5.41. The molecule has 1 aliphatic heterocycles. The topological polar surface area (TPSA) is 52.6 Å². The van der Waals surface area contributed by atoms with E-state index in [0.29, 0.717) is 11.0 Å². The molecule has 2 N–H and O–H groups in total. The largest absolute Gasteiger partial charge is 0.478 e. The third-order valence-electron chi connectivity index (χ3n) is 5.92. The van der Waals surface area contributed by atoms with Crippen molar-refractivity contribution in [1.82, 2.24) is 10.2 Å². The number of hydrogen-bond acceptors (Lipinski definition) is 3. The highest BCUT2D eigenvalue weighted by molar-refractivity contribution is 5.87. The summed E-state index contributed by atoms with van der Waals surface area (Å²) < 4.78 is 0. The molecule has 3 rings (SSSR count). The lowest BCUT2D eigenvalue weighted by Gasteiger charge is -2.41. The molecule has 1 saturated heterocycles. The Labute approximate surface area is 162 Å². The fourth-order valence-corrected chi connectivity index (χ4v) is 3.97. The normalized spacial score (nSPS) is 16.9. The maximum atomic E-state index is 11.1. The zero-order chi connectivity index (χ0) is 19.1. The molecule has 4 heteroatoms. The van der Waals surface area contributed by atoms with Crippen LogP contribution in [0, 0.1) is 5.41 Å². The highest BCUT2D eigenvalue weighted by atomic mass is 16.4. The van der Waals surface area contributed by atoms with Gasteiger partial charge < -0.3 is 10.4 Å². The van der Waals surface area contributed by atoms with Crippen LogP contribution in [-0.4, -0.2) is 35.6 Å². The molecule has 0 bridgehead atoms. The molecule has 1 aliphatic rings. The van der Waals surface area contributed by atoms with Crippen molar-refractivity contribution in [2.24, 2.45) is 5.41 Å². The van der Waals surface area contributed by atoms with Crippen LogP contribution in [0.4, 0.5) is 0 Å². The first-order valence-electron chi connectivity index (χ1n) is 9.89. The van der Waals surface area contributed by atoms with Crippen LogP contribution in [0.5, 0.6) is 0 Å². The fraction of sp³-hybridized carbons (Fsp3) is 0.435. The van der Waals surface area contributed by atoms with E-state index in [2.05, 4.69) is 47.5 Å². The Kier molecular flexibility index (Phi) is 6.64. The van der Waals surface area contributed by atoms with Gasteiger partial charge in [-0.05, 0) is 61.0 Å². The van der Waals surface area contributed by atoms with Gasteiger partial charge in [0.1, 0.15) is 0 Å². The predicted octanol–water partition coefficient (Wildman–Crippen LogP) is 4.17. The van der Waals surface area contributed by atoms with Crippen LogP contribution in [0.1, 0.15) is 47.7 Å². The molecule has 0 aromatic heterocycles. The summed E-state index contributed by atoms with van der Waals surface area (Å²) in [5.74, 6) is -0.868. The summed E-state index contributed by atoms with van der Waals surface area (Å²) in [6.07, 6.45) is 3.59. The van der Waals surface area contributed by atoms with E-state index >= 15 is 0 Å². The summed E-state index contributed by atoms with van der Waals surface area (Å²) in [4.78, 5) is 13.7.